The van der Waals surface area contributed by atoms with Crippen LogP contribution in [0.3, 0.4) is 0 Å². The smallest absolute Gasteiger partial charge is 0.326 e. The average Bonchev–Trinajstić information content (AvgIpc) is 2.47. The molecule has 1 amide bonds. The maximum atomic E-state index is 12.8. The Morgan fingerprint density at radius 1 is 1.00 bits per heavy atom. The molecule has 0 saturated heterocycles. The van der Waals surface area contributed by atoms with Gasteiger partial charge in [-0.05, 0) is 49.8 Å². The highest BCUT2D eigenvalue weighted by atomic mass is 19.4. The molecule has 1 aliphatic rings. The van der Waals surface area contributed by atoms with Crippen LogP contribution in [0.5, 0.6) is 0 Å². The summed E-state index contributed by atoms with van der Waals surface area (Å²) in [5, 5.41) is 9.62. The lowest BCUT2D eigenvalue weighted by atomic mass is 9.85. The van der Waals surface area contributed by atoms with Crippen LogP contribution in [0.15, 0.2) is 18.2 Å². The zero-order chi connectivity index (χ0) is 18.8. The molecule has 1 saturated carbocycles. The average molecular weight is 366 g/mol. The number of halogens is 6. The summed E-state index contributed by atoms with van der Waals surface area (Å²) in [7, 11) is 0. The topological polar surface area (TPSA) is 53.0 Å². The summed E-state index contributed by atoms with van der Waals surface area (Å²) in [6.07, 6.45) is -7.56. The maximum Gasteiger partial charge on any atom is 0.416 e. The summed E-state index contributed by atoms with van der Waals surface area (Å²) in [6.45, 7) is 0. The van der Waals surface area contributed by atoms with E-state index in [-0.39, 0.29) is 18.4 Å². The minimum Gasteiger partial charge on any atom is -0.326 e. The highest BCUT2D eigenvalue weighted by molar-refractivity contribution is 5.91. The van der Waals surface area contributed by atoms with Crippen molar-refractivity contribution in [2.45, 2.75) is 44.5 Å². The lowest BCUT2D eigenvalue weighted by Gasteiger charge is -2.22. The SMILES string of the molecule is N=C1CCC(CC(=O)Nc2cc(C(F)(F)F)cc(C(F)(F)F)c2)CC1. The molecule has 2 rings (SSSR count). The van der Waals surface area contributed by atoms with Crippen LogP contribution in [0.25, 0.3) is 0 Å². The van der Waals surface area contributed by atoms with Crippen molar-refractivity contribution in [3.63, 3.8) is 0 Å². The molecule has 9 heteroatoms. The molecule has 25 heavy (non-hydrogen) atoms. The predicted octanol–water partition coefficient (Wildman–Crippen LogP) is 5.26. The molecular formula is C16H16F6N2O. The van der Waals surface area contributed by atoms with Crippen molar-refractivity contribution in [1.82, 2.24) is 0 Å². The van der Waals surface area contributed by atoms with Gasteiger partial charge in [-0.15, -0.1) is 0 Å². The molecule has 0 aliphatic heterocycles. The first-order chi connectivity index (χ1) is 11.4. The molecule has 0 heterocycles. The van der Waals surface area contributed by atoms with Gasteiger partial charge in [0.05, 0.1) is 11.1 Å². The number of alkyl halides is 6. The third kappa shape index (κ3) is 5.47. The fraction of sp³-hybridized carbons (Fsp3) is 0.500. The minimum atomic E-state index is -4.95. The number of amides is 1. The van der Waals surface area contributed by atoms with Crippen LogP contribution in [-0.2, 0) is 17.1 Å². The number of benzene rings is 1. The maximum absolute atomic E-state index is 12.8. The largest absolute Gasteiger partial charge is 0.416 e. The van der Waals surface area contributed by atoms with E-state index in [1.54, 1.807) is 0 Å². The van der Waals surface area contributed by atoms with Gasteiger partial charge >= 0.3 is 12.4 Å². The van der Waals surface area contributed by atoms with Gasteiger partial charge in [-0.25, -0.2) is 0 Å². The number of carbonyl (C=O) groups excluding carboxylic acids is 1. The van der Waals surface area contributed by atoms with Crippen molar-refractivity contribution in [3.8, 4) is 0 Å². The minimum absolute atomic E-state index is 0.00484. The number of nitrogens with one attached hydrogen (secondary N) is 2. The predicted molar refractivity (Wildman–Crippen MR) is 79.4 cm³/mol. The fourth-order valence-electron chi connectivity index (χ4n) is 2.73. The van der Waals surface area contributed by atoms with Crippen molar-refractivity contribution in [2.75, 3.05) is 5.32 Å². The van der Waals surface area contributed by atoms with Crippen LogP contribution < -0.4 is 5.32 Å². The zero-order valence-corrected chi connectivity index (χ0v) is 13.0. The molecule has 138 valence electrons. The standard InChI is InChI=1S/C16H16F6N2O/c17-15(18,19)10-6-11(16(20,21)22)8-13(7-10)24-14(25)5-9-1-3-12(23)4-2-9/h6-9,23H,1-5H2,(H,24,25). The van der Waals surface area contributed by atoms with Crippen LogP contribution in [0, 0.1) is 11.3 Å². The third-order valence-electron chi connectivity index (χ3n) is 4.05. The Kier molecular flexibility index (Phi) is 5.43. The van der Waals surface area contributed by atoms with E-state index in [1.165, 1.54) is 0 Å². The van der Waals surface area contributed by atoms with Gasteiger partial charge in [-0.2, -0.15) is 26.3 Å². The number of rotatable bonds is 3. The summed E-state index contributed by atoms with van der Waals surface area (Å²) < 4.78 is 76.7. The van der Waals surface area contributed by atoms with Crippen LogP contribution in [-0.4, -0.2) is 11.6 Å². The fourth-order valence-corrected chi connectivity index (χ4v) is 2.73. The van der Waals surface area contributed by atoms with E-state index in [0.29, 0.717) is 43.5 Å². The number of hydrogen-bond donors (Lipinski definition) is 2. The Labute approximate surface area is 139 Å². The highest BCUT2D eigenvalue weighted by Crippen LogP contribution is 2.37. The van der Waals surface area contributed by atoms with Gasteiger partial charge in [0.15, 0.2) is 0 Å². The van der Waals surface area contributed by atoms with E-state index >= 15 is 0 Å². The monoisotopic (exact) mass is 366 g/mol. The third-order valence-corrected chi connectivity index (χ3v) is 4.05. The summed E-state index contributed by atoms with van der Waals surface area (Å²) in [5.74, 6) is -0.659. The Hall–Kier alpha value is -2.06. The van der Waals surface area contributed by atoms with Gasteiger partial charge in [0.2, 0.25) is 5.91 Å². The molecule has 1 aromatic rings. The van der Waals surface area contributed by atoms with E-state index in [0.717, 1.165) is 0 Å². The molecule has 2 N–H and O–H groups in total. The number of carbonyl (C=O) groups is 1. The molecular weight excluding hydrogens is 350 g/mol. The lowest BCUT2D eigenvalue weighted by molar-refractivity contribution is -0.143. The molecule has 0 atom stereocenters. The quantitative estimate of drug-likeness (QED) is 0.704. The van der Waals surface area contributed by atoms with Gasteiger partial charge in [-0.1, -0.05) is 0 Å². The van der Waals surface area contributed by atoms with Crippen LogP contribution in [0.2, 0.25) is 0 Å². The molecule has 0 aromatic heterocycles. The summed E-state index contributed by atoms with van der Waals surface area (Å²) in [5.41, 5.74) is -2.88. The summed E-state index contributed by atoms with van der Waals surface area (Å²) in [6, 6.07) is 0.996. The normalized spacial score (nSPS) is 19.0. The van der Waals surface area contributed by atoms with E-state index < -0.39 is 35.1 Å². The second-order valence-electron chi connectivity index (χ2n) is 6.09. The van der Waals surface area contributed by atoms with Crippen molar-refractivity contribution in [3.05, 3.63) is 29.3 Å². The first-order valence-electron chi connectivity index (χ1n) is 7.61. The molecule has 3 nitrogen and oxygen atoms in total. The summed E-state index contributed by atoms with van der Waals surface area (Å²) in [4.78, 5) is 12.0. The van der Waals surface area contributed by atoms with E-state index in [4.69, 9.17) is 5.41 Å². The second-order valence-corrected chi connectivity index (χ2v) is 6.09. The summed E-state index contributed by atoms with van der Waals surface area (Å²) >= 11 is 0. The Morgan fingerprint density at radius 2 is 1.48 bits per heavy atom. The van der Waals surface area contributed by atoms with Crippen LogP contribution in [0.1, 0.15) is 43.2 Å². The van der Waals surface area contributed by atoms with Crippen molar-refractivity contribution in [2.24, 2.45) is 5.92 Å². The number of anilines is 1. The lowest BCUT2D eigenvalue weighted by Crippen LogP contribution is -2.21. The van der Waals surface area contributed by atoms with Gasteiger partial charge in [0.1, 0.15) is 0 Å². The molecule has 1 aromatic carbocycles. The Morgan fingerprint density at radius 3 is 1.92 bits per heavy atom. The van der Waals surface area contributed by atoms with Gasteiger partial charge < -0.3 is 10.7 Å². The number of hydrogen-bond acceptors (Lipinski definition) is 2. The second kappa shape index (κ2) is 7.05. The highest BCUT2D eigenvalue weighted by Gasteiger charge is 2.37. The molecule has 0 bridgehead atoms. The van der Waals surface area contributed by atoms with Crippen LogP contribution >= 0.6 is 0 Å². The molecule has 1 fully saturated rings. The zero-order valence-electron chi connectivity index (χ0n) is 13.0. The Balaban J connectivity index is 2.14. The van der Waals surface area contributed by atoms with Crippen LogP contribution in [0.4, 0.5) is 32.0 Å². The van der Waals surface area contributed by atoms with E-state index in [9.17, 15) is 31.1 Å². The van der Waals surface area contributed by atoms with Gasteiger partial charge in [0, 0.05) is 17.8 Å². The van der Waals surface area contributed by atoms with Crippen molar-refractivity contribution in [1.29, 1.82) is 5.41 Å². The molecule has 0 spiro atoms. The molecule has 0 unspecified atom stereocenters. The first kappa shape index (κ1) is 19.3. The van der Waals surface area contributed by atoms with Crippen molar-refractivity contribution < 1.29 is 31.1 Å². The Bertz CT molecular complexity index is 623. The van der Waals surface area contributed by atoms with E-state index in [2.05, 4.69) is 5.32 Å². The molecule has 1 aliphatic carbocycles. The van der Waals surface area contributed by atoms with Gasteiger partial charge in [0.25, 0.3) is 0 Å². The van der Waals surface area contributed by atoms with E-state index in [1.807, 2.05) is 0 Å². The van der Waals surface area contributed by atoms with Crippen molar-refractivity contribution >= 4 is 17.3 Å². The van der Waals surface area contributed by atoms with Gasteiger partial charge in [-0.3, -0.25) is 4.79 Å². The molecule has 0 radical (unpaired) electrons. The first-order valence-corrected chi connectivity index (χ1v) is 7.61.